The van der Waals surface area contributed by atoms with Crippen LogP contribution >= 0.6 is 28.3 Å². The number of hydrogen-bond acceptors (Lipinski definition) is 2. The van der Waals surface area contributed by atoms with Crippen LogP contribution in [0.4, 0.5) is 17.6 Å². The molecule has 0 aromatic heterocycles. The standard InChI is InChI=1S/C14H17BrF4N2.ClH/c15-10-1-2-12(16)11(9-10)13(3-4-14(17,18)19)21-7-5-20-6-8-21;/h1-2,9,13,20H,3-8H2;1H/t13-;/m0./s1. The van der Waals surface area contributed by atoms with Crippen LogP contribution in [0.25, 0.3) is 0 Å². The Bertz CT molecular complexity index is 478. The van der Waals surface area contributed by atoms with Crippen molar-refractivity contribution in [2.45, 2.75) is 25.1 Å². The second-order valence-corrected chi connectivity index (χ2v) is 6.04. The summed E-state index contributed by atoms with van der Waals surface area (Å²) in [6.07, 6.45) is -5.26. The lowest BCUT2D eigenvalue weighted by atomic mass is 9.98. The van der Waals surface area contributed by atoms with E-state index >= 15 is 0 Å². The lowest BCUT2D eigenvalue weighted by Gasteiger charge is -2.35. The number of alkyl halides is 3. The highest BCUT2D eigenvalue weighted by molar-refractivity contribution is 9.10. The molecule has 0 radical (unpaired) electrons. The van der Waals surface area contributed by atoms with Gasteiger partial charge in [-0.3, -0.25) is 4.90 Å². The largest absolute Gasteiger partial charge is 0.389 e. The number of halogens is 6. The van der Waals surface area contributed by atoms with Gasteiger partial charge in [0.15, 0.2) is 0 Å². The van der Waals surface area contributed by atoms with Crippen molar-refractivity contribution in [3.8, 4) is 0 Å². The predicted molar refractivity (Wildman–Crippen MR) is 83.8 cm³/mol. The average molecular weight is 406 g/mol. The Balaban J connectivity index is 0.00000242. The Labute approximate surface area is 141 Å². The molecule has 0 spiro atoms. The first-order valence-corrected chi connectivity index (χ1v) is 7.62. The maximum absolute atomic E-state index is 14.1. The van der Waals surface area contributed by atoms with Crippen LogP contribution in [-0.2, 0) is 0 Å². The molecule has 1 aromatic carbocycles. The third kappa shape index (κ3) is 5.68. The van der Waals surface area contributed by atoms with Crippen LogP contribution in [0.15, 0.2) is 22.7 Å². The molecule has 1 saturated heterocycles. The van der Waals surface area contributed by atoms with Crippen molar-refractivity contribution in [2.75, 3.05) is 26.2 Å². The van der Waals surface area contributed by atoms with Gasteiger partial charge in [0.05, 0.1) is 0 Å². The molecule has 22 heavy (non-hydrogen) atoms. The Kier molecular flexibility index (Phi) is 7.58. The molecule has 0 unspecified atom stereocenters. The van der Waals surface area contributed by atoms with Crippen molar-refractivity contribution in [3.63, 3.8) is 0 Å². The van der Waals surface area contributed by atoms with E-state index in [1.165, 1.54) is 6.07 Å². The van der Waals surface area contributed by atoms with E-state index in [1.54, 1.807) is 12.1 Å². The first-order chi connectivity index (χ1) is 9.87. The topological polar surface area (TPSA) is 15.3 Å². The molecule has 1 aromatic rings. The van der Waals surface area contributed by atoms with E-state index in [0.717, 1.165) is 0 Å². The van der Waals surface area contributed by atoms with Crippen molar-refractivity contribution in [2.24, 2.45) is 0 Å². The Morgan fingerprint density at radius 3 is 2.45 bits per heavy atom. The summed E-state index contributed by atoms with van der Waals surface area (Å²) in [7, 11) is 0. The van der Waals surface area contributed by atoms with Gasteiger partial charge in [-0.15, -0.1) is 12.4 Å². The van der Waals surface area contributed by atoms with Crippen LogP contribution < -0.4 is 5.32 Å². The minimum Gasteiger partial charge on any atom is -0.314 e. The summed E-state index contributed by atoms with van der Waals surface area (Å²) in [5.41, 5.74) is 0.329. The smallest absolute Gasteiger partial charge is 0.314 e. The molecule has 2 nitrogen and oxygen atoms in total. The van der Waals surface area contributed by atoms with Crippen LogP contribution in [-0.4, -0.2) is 37.3 Å². The second kappa shape index (κ2) is 8.47. The summed E-state index contributed by atoms with van der Waals surface area (Å²) in [6.45, 7) is 2.65. The van der Waals surface area contributed by atoms with Gasteiger partial charge >= 0.3 is 6.18 Å². The molecule has 0 amide bonds. The molecule has 1 fully saturated rings. The summed E-state index contributed by atoms with van der Waals surface area (Å²) >= 11 is 3.26. The van der Waals surface area contributed by atoms with Crippen LogP contribution in [0.3, 0.4) is 0 Å². The zero-order chi connectivity index (χ0) is 15.5. The summed E-state index contributed by atoms with van der Waals surface area (Å²) in [6, 6.07) is 3.88. The highest BCUT2D eigenvalue weighted by Crippen LogP contribution is 2.34. The minimum absolute atomic E-state index is 0. The van der Waals surface area contributed by atoms with Gasteiger partial charge in [-0.2, -0.15) is 13.2 Å². The molecule has 2 rings (SSSR count). The number of piperazine rings is 1. The minimum atomic E-state index is -4.23. The molecule has 1 aliphatic rings. The number of nitrogens with one attached hydrogen (secondary N) is 1. The van der Waals surface area contributed by atoms with Gasteiger partial charge in [-0.1, -0.05) is 15.9 Å². The Hall–Kier alpha value is -0.370. The van der Waals surface area contributed by atoms with Crippen molar-refractivity contribution < 1.29 is 17.6 Å². The van der Waals surface area contributed by atoms with E-state index in [2.05, 4.69) is 21.2 Å². The molecule has 0 bridgehead atoms. The van der Waals surface area contributed by atoms with E-state index in [4.69, 9.17) is 0 Å². The zero-order valence-corrected chi connectivity index (χ0v) is 14.2. The van der Waals surface area contributed by atoms with Crippen molar-refractivity contribution in [1.29, 1.82) is 0 Å². The van der Waals surface area contributed by atoms with Crippen LogP contribution in [0.2, 0.25) is 0 Å². The second-order valence-electron chi connectivity index (χ2n) is 5.12. The summed E-state index contributed by atoms with van der Waals surface area (Å²) in [5.74, 6) is -0.455. The molecule has 1 atom stereocenters. The molecule has 1 heterocycles. The highest BCUT2D eigenvalue weighted by atomic mass is 79.9. The fraction of sp³-hybridized carbons (Fsp3) is 0.571. The quantitative estimate of drug-likeness (QED) is 0.752. The Morgan fingerprint density at radius 2 is 1.86 bits per heavy atom. The van der Waals surface area contributed by atoms with Gasteiger partial charge in [0.25, 0.3) is 0 Å². The lowest BCUT2D eigenvalue weighted by molar-refractivity contribution is -0.138. The molecular formula is C14H18BrClF4N2. The van der Waals surface area contributed by atoms with Crippen LogP contribution in [0.5, 0.6) is 0 Å². The van der Waals surface area contributed by atoms with Gasteiger partial charge in [0, 0.05) is 48.7 Å². The Morgan fingerprint density at radius 1 is 1.23 bits per heavy atom. The molecule has 126 valence electrons. The molecular weight excluding hydrogens is 388 g/mol. The van der Waals surface area contributed by atoms with E-state index in [1.807, 2.05) is 4.90 Å². The lowest BCUT2D eigenvalue weighted by Crippen LogP contribution is -2.45. The molecule has 1 N–H and O–H groups in total. The SMILES string of the molecule is Cl.Fc1ccc(Br)cc1[C@H](CCC(F)(F)F)N1CCNCC1. The first-order valence-electron chi connectivity index (χ1n) is 6.83. The summed E-state index contributed by atoms with van der Waals surface area (Å²) < 4.78 is 52.4. The molecule has 1 aliphatic heterocycles. The van der Waals surface area contributed by atoms with E-state index < -0.39 is 24.5 Å². The summed E-state index contributed by atoms with van der Waals surface area (Å²) in [4.78, 5) is 1.92. The molecule has 8 heteroatoms. The highest BCUT2D eigenvalue weighted by Gasteiger charge is 2.32. The number of nitrogens with zero attached hydrogens (tertiary/aromatic N) is 1. The van der Waals surface area contributed by atoms with Crippen molar-refractivity contribution in [1.82, 2.24) is 10.2 Å². The zero-order valence-electron chi connectivity index (χ0n) is 11.8. The van der Waals surface area contributed by atoms with Crippen LogP contribution in [0, 0.1) is 5.82 Å². The maximum atomic E-state index is 14.1. The van der Waals surface area contributed by atoms with Crippen molar-refractivity contribution >= 4 is 28.3 Å². The van der Waals surface area contributed by atoms with E-state index in [-0.39, 0.29) is 18.8 Å². The maximum Gasteiger partial charge on any atom is 0.389 e. The first kappa shape index (κ1) is 19.7. The number of benzene rings is 1. The van der Waals surface area contributed by atoms with Crippen molar-refractivity contribution in [3.05, 3.63) is 34.1 Å². The number of rotatable bonds is 4. The average Bonchev–Trinajstić information content (AvgIpc) is 2.43. The third-order valence-corrected chi connectivity index (χ3v) is 4.10. The van der Waals surface area contributed by atoms with Gasteiger partial charge in [0.2, 0.25) is 0 Å². The predicted octanol–water partition coefficient (Wildman–Crippen LogP) is 4.30. The molecule has 0 saturated carbocycles. The van der Waals surface area contributed by atoms with E-state index in [0.29, 0.717) is 36.2 Å². The number of hydrogen-bond donors (Lipinski definition) is 1. The van der Waals surface area contributed by atoms with Gasteiger partial charge in [0.1, 0.15) is 5.82 Å². The summed E-state index contributed by atoms with van der Waals surface area (Å²) in [5, 5.41) is 3.15. The monoisotopic (exact) mass is 404 g/mol. The van der Waals surface area contributed by atoms with Gasteiger partial charge in [-0.05, 0) is 24.6 Å². The fourth-order valence-corrected chi connectivity index (χ4v) is 2.98. The van der Waals surface area contributed by atoms with E-state index in [9.17, 15) is 17.6 Å². The van der Waals surface area contributed by atoms with Gasteiger partial charge < -0.3 is 5.32 Å². The third-order valence-electron chi connectivity index (χ3n) is 3.61. The van der Waals surface area contributed by atoms with Gasteiger partial charge in [-0.25, -0.2) is 4.39 Å². The normalized spacial score (nSPS) is 17.9. The molecule has 0 aliphatic carbocycles. The fourth-order valence-electron chi connectivity index (χ4n) is 2.60. The van der Waals surface area contributed by atoms with Crippen LogP contribution in [0.1, 0.15) is 24.4 Å².